The first kappa shape index (κ1) is 12.9. The maximum atomic E-state index is 10.4. The highest BCUT2D eigenvalue weighted by molar-refractivity contribution is 5.81. The number of phenolic OH excluding ortho intramolecular Hbond substituents is 1. The number of anilines is 1. The Kier molecular flexibility index (Phi) is 3.15. The summed E-state index contributed by atoms with van der Waals surface area (Å²) in [7, 11) is 1.87. The molecule has 0 aliphatic rings. The third-order valence-corrected chi connectivity index (χ3v) is 3.02. The van der Waals surface area contributed by atoms with Gasteiger partial charge in [0.1, 0.15) is 23.3 Å². The zero-order valence-corrected chi connectivity index (χ0v) is 11.1. The van der Waals surface area contributed by atoms with Crippen molar-refractivity contribution in [3.05, 3.63) is 36.8 Å². The molecule has 3 rings (SSSR count). The SMILES string of the molecule is Cn1ccc2ncnc(Oc3ccc(NC=O)c(O)c3)c21. The average molecular weight is 284 g/mol. The lowest BCUT2D eigenvalue weighted by atomic mass is 10.3. The monoisotopic (exact) mass is 284 g/mol. The fourth-order valence-corrected chi connectivity index (χ4v) is 2.03. The minimum Gasteiger partial charge on any atom is -0.506 e. The van der Waals surface area contributed by atoms with E-state index < -0.39 is 0 Å². The number of phenols is 1. The Bertz CT molecular complexity index is 813. The standard InChI is InChI=1S/C14H12N4O3/c1-18-5-4-11-13(18)14(16-7-15-11)21-9-2-3-10(17-8-19)12(20)6-9/h2-8,20H,1H3,(H,17,19). The third kappa shape index (κ3) is 2.36. The van der Waals surface area contributed by atoms with Gasteiger partial charge in [0.2, 0.25) is 12.3 Å². The van der Waals surface area contributed by atoms with Crippen LogP contribution in [-0.2, 0) is 11.8 Å². The van der Waals surface area contributed by atoms with E-state index in [2.05, 4.69) is 15.3 Å². The molecule has 7 heteroatoms. The summed E-state index contributed by atoms with van der Waals surface area (Å²) in [6.45, 7) is 0. The molecule has 0 atom stereocenters. The van der Waals surface area contributed by atoms with Crippen molar-refractivity contribution in [3.63, 3.8) is 0 Å². The summed E-state index contributed by atoms with van der Waals surface area (Å²) in [6, 6.07) is 6.44. The van der Waals surface area contributed by atoms with E-state index in [-0.39, 0.29) is 5.75 Å². The minimum absolute atomic E-state index is 0.0863. The maximum absolute atomic E-state index is 10.4. The molecule has 0 aliphatic carbocycles. The number of fused-ring (bicyclic) bond motifs is 1. The number of rotatable bonds is 4. The van der Waals surface area contributed by atoms with Crippen molar-refractivity contribution < 1.29 is 14.6 Å². The number of carbonyl (C=O) groups excluding carboxylic acids is 1. The number of amides is 1. The molecule has 0 fully saturated rings. The van der Waals surface area contributed by atoms with Crippen LogP contribution < -0.4 is 10.1 Å². The van der Waals surface area contributed by atoms with Crippen molar-refractivity contribution in [1.29, 1.82) is 0 Å². The Hall–Kier alpha value is -3.09. The summed E-state index contributed by atoms with van der Waals surface area (Å²) in [6.07, 6.45) is 3.77. The van der Waals surface area contributed by atoms with Gasteiger partial charge in [0, 0.05) is 19.3 Å². The maximum Gasteiger partial charge on any atom is 0.247 e. The molecule has 0 radical (unpaired) electrons. The van der Waals surface area contributed by atoms with Crippen LogP contribution >= 0.6 is 0 Å². The van der Waals surface area contributed by atoms with E-state index >= 15 is 0 Å². The number of aromatic nitrogens is 3. The van der Waals surface area contributed by atoms with E-state index in [1.54, 1.807) is 12.1 Å². The average Bonchev–Trinajstić information content (AvgIpc) is 2.85. The van der Waals surface area contributed by atoms with Gasteiger partial charge in [-0.2, -0.15) is 4.98 Å². The zero-order chi connectivity index (χ0) is 14.8. The van der Waals surface area contributed by atoms with Gasteiger partial charge in [-0.25, -0.2) is 4.98 Å². The molecule has 0 saturated heterocycles. The number of carbonyl (C=O) groups is 1. The van der Waals surface area contributed by atoms with Crippen molar-refractivity contribution in [2.24, 2.45) is 7.05 Å². The molecular formula is C14H12N4O3. The van der Waals surface area contributed by atoms with Gasteiger partial charge >= 0.3 is 0 Å². The van der Waals surface area contributed by atoms with Crippen LogP contribution in [0.3, 0.4) is 0 Å². The van der Waals surface area contributed by atoms with Crippen molar-refractivity contribution >= 4 is 23.1 Å². The van der Waals surface area contributed by atoms with Gasteiger partial charge in [0.25, 0.3) is 0 Å². The Morgan fingerprint density at radius 3 is 2.95 bits per heavy atom. The number of nitrogens with one attached hydrogen (secondary N) is 1. The molecule has 0 saturated carbocycles. The van der Waals surface area contributed by atoms with E-state index in [1.165, 1.54) is 12.4 Å². The summed E-state index contributed by atoms with van der Waals surface area (Å²) in [5.74, 6) is 0.713. The van der Waals surface area contributed by atoms with Gasteiger partial charge < -0.3 is 19.7 Å². The second kappa shape index (κ2) is 5.12. The Morgan fingerprint density at radius 1 is 1.33 bits per heavy atom. The van der Waals surface area contributed by atoms with Gasteiger partial charge in [0.15, 0.2) is 0 Å². The molecule has 2 heterocycles. The summed E-state index contributed by atoms with van der Waals surface area (Å²) < 4.78 is 7.55. The fourth-order valence-electron chi connectivity index (χ4n) is 2.03. The van der Waals surface area contributed by atoms with Crippen molar-refractivity contribution in [3.8, 4) is 17.4 Å². The van der Waals surface area contributed by atoms with E-state index in [9.17, 15) is 9.90 Å². The van der Waals surface area contributed by atoms with Crippen LogP contribution in [0.5, 0.6) is 17.4 Å². The number of nitrogens with zero attached hydrogens (tertiary/aromatic N) is 3. The van der Waals surface area contributed by atoms with Crippen molar-refractivity contribution in [2.75, 3.05) is 5.32 Å². The molecule has 1 aromatic carbocycles. The van der Waals surface area contributed by atoms with Crippen LogP contribution in [0.1, 0.15) is 0 Å². The normalized spacial score (nSPS) is 10.5. The van der Waals surface area contributed by atoms with E-state index in [0.29, 0.717) is 23.7 Å². The summed E-state index contributed by atoms with van der Waals surface area (Å²) in [5.41, 5.74) is 1.84. The van der Waals surface area contributed by atoms with Gasteiger partial charge in [-0.3, -0.25) is 4.79 Å². The molecule has 106 valence electrons. The predicted molar refractivity (Wildman–Crippen MR) is 76.4 cm³/mol. The number of ether oxygens (including phenoxy) is 1. The molecular weight excluding hydrogens is 272 g/mol. The number of hydrogen-bond donors (Lipinski definition) is 2. The Labute approximate surface area is 119 Å². The van der Waals surface area contributed by atoms with Crippen molar-refractivity contribution in [2.45, 2.75) is 0 Å². The molecule has 0 unspecified atom stereocenters. The molecule has 0 bridgehead atoms. The molecule has 2 aromatic heterocycles. The van der Waals surface area contributed by atoms with E-state index in [0.717, 1.165) is 11.0 Å². The topological polar surface area (TPSA) is 89.3 Å². The first-order valence-electron chi connectivity index (χ1n) is 6.16. The first-order chi connectivity index (χ1) is 10.2. The highest BCUT2D eigenvalue weighted by Gasteiger charge is 2.10. The van der Waals surface area contributed by atoms with Gasteiger partial charge in [-0.15, -0.1) is 0 Å². The Balaban J connectivity index is 1.97. The van der Waals surface area contributed by atoms with Crippen LogP contribution in [0.25, 0.3) is 11.0 Å². The lowest BCUT2D eigenvalue weighted by Gasteiger charge is -2.09. The lowest BCUT2D eigenvalue weighted by molar-refractivity contribution is -0.105. The van der Waals surface area contributed by atoms with Gasteiger partial charge in [-0.05, 0) is 18.2 Å². The van der Waals surface area contributed by atoms with Crippen molar-refractivity contribution in [1.82, 2.24) is 14.5 Å². The fraction of sp³-hybridized carbons (Fsp3) is 0.0714. The number of aromatic hydroxyl groups is 1. The zero-order valence-electron chi connectivity index (χ0n) is 11.1. The third-order valence-electron chi connectivity index (χ3n) is 3.02. The predicted octanol–water partition coefficient (Wildman–Crippen LogP) is 2.03. The molecule has 1 amide bonds. The van der Waals surface area contributed by atoms with Crippen LogP contribution in [0, 0.1) is 0 Å². The molecule has 2 N–H and O–H groups in total. The highest BCUT2D eigenvalue weighted by atomic mass is 16.5. The van der Waals surface area contributed by atoms with Crippen LogP contribution in [0.2, 0.25) is 0 Å². The first-order valence-corrected chi connectivity index (χ1v) is 6.16. The number of aryl methyl sites for hydroxylation is 1. The highest BCUT2D eigenvalue weighted by Crippen LogP contribution is 2.32. The van der Waals surface area contributed by atoms with E-state index in [1.807, 2.05) is 23.9 Å². The second-order valence-corrected chi connectivity index (χ2v) is 4.38. The molecule has 21 heavy (non-hydrogen) atoms. The molecule has 3 aromatic rings. The summed E-state index contributed by atoms with van der Waals surface area (Å²) in [4.78, 5) is 18.6. The molecule has 7 nitrogen and oxygen atoms in total. The quantitative estimate of drug-likeness (QED) is 0.565. The largest absolute Gasteiger partial charge is 0.506 e. The van der Waals surface area contributed by atoms with Crippen LogP contribution in [-0.4, -0.2) is 26.1 Å². The van der Waals surface area contributed by atoms with Gasteiger partial charge in [-0.1, -0.05) is 0 Å². The van der Waals surface area contributed by atoms with E-state index in [4.69, 9.17) is 4.74 Å². The summed E-state index contributed by atoms with van der Waals surface area (Å²) >= 11 is 0. The summed E-state index contributed by atoms with van der Waals surface area (Å²) in [5, 5.41) is 12.2. The van der Waals surface area contributed by atoms with Gasteiger partial charge in [0.05, 0.1) is 11.2 Å². The second-order valence-electron chi connectivity index (χ2n) is 4.38. The van der Waals surface area contributed by atoms with Crippen LogP contribution in [0.15, 0.2) is 36.8 Å². The molecule has 0 aliphatic heterocycles. The molecule has 0 spiro atoms. The Morgan fingerprint density at radius 2 is 2.19 bits per heavy atom. The minimum atomic E-state index is -0.0863. The number of hydrogen-bond acceptors (Lipinski definition) is 5. The lowest BCUT2D eigenvalue weighted by Crippen LogP contribution is -1.96. The van der Waals surface area contributed by atoms with Crippen LogP contribution in [0.4, 0.5) is 5.69 Å². The number of benzene rings is 1. The smallest absolute Gasteiger partial charge is 0.247 e.